The highest BCUT2D eigenvalue weighted by molar-refractivity contribution is 5.94. The fraction of sp³-hybridized carbons (Fsp3) is 0.364. The first-order chi connectivity index (χ1) is 15.5. The van der Waals surface area contributed by atoms with Crippen molar-refractivity contribution in [1.82, 2.24) is 16.0 Å². The Balaban J connectivity index is 1.58. The molecule has 3 rings (SSSR count). The predicted octanol–water partition coefficient (Wildman–Crippen LogP) is 0.561. The Morgan fingerprint density at radius 3 is 2.56 bits per heavy atom. The van der Waals surface area contributed by atoms with Crippen LogP contribution in [0.2, 0.25) is 0 Å². The SMILES string of the molecule is COC(=O)C1CCOC1C(=O)NC(CNC(=O)CNC(=O)c1ccco1)c1ccccc1. The van der Waals surface area contributed by atoms with Crippen LogP contribution in [-0.4, -0.2) is 56.6 Å². The van der Waals surface area contributed by atoms with Crippen LogP contribution in [0, 0.1) is 5.92 Å². The minimum Gasteiger partial charge on any atom is -0.469 e. The van der Waals surface area contributed by atoms with Crippen molar-refractivity contribution in [3.05, 3.63) is 60.1 Å². The van der Waals surface area contributed by atoms with Crippen molar-refractivity contribution in [2.24, 2.45) is 5.92 Å². The van der Waals surface area contributed by atoms with Crippen LogP contribution < -0.4 is 16.0 Å². The van der Waals surface area contributed by atoms with Crippen LogP contribution in [-0.2, 0) is 23.9 Å². The lowest BCUT2D eigenvalue weighted by molar-refractivity contribution is -0.151. The maximum Gasteiger partial charge on any atom is 0.311 e. The van der Waals surface area contributed by atoms with Gasteiger partial charge in [0.05, 0.1) is 31.9 Å². The molecule has 3 atom stereocenters. The molecule has 0 saturated carbocycles. The maximum atomic E-state index is 12.8. The number of methoxy groups -OCH3 is 1. The minimum absolute atomic E-state index is 0.0703. The third-order valence-electron chi connectivity index (χ3n) is 5.03. The molecule has 10 nitrogen and oxygen atoms in total. The fourth-order valence-corrected chi connectivity index (χ4v) is 3.37. The van der Waals surface area contributed by atoms with E-state index in [-0.39, 0.29) is 25.5 Å². The Labute approximate surface area is 184 Å². The van der Waals surface area contributed by atoms with E-state index < -0.39 is 41.8 Å². The van der Waals surface area contributed by atoms with Crippen LogP contribution in [0.5, 0.6) is 0 Å². The zero-order valence-electron chi connectivity index (χ0n) is 17.5. The van der Waals surface area contributed by atoms with Crippen LogP contribution in [0.4, 0.5) is 0 Å². The van der Waals surface area contributed by atoms with E-state index in [1.165, 1.54) is 19.4 Å². The summed E-state index contributed by atoms with van der Waals surface area (Å²) in [6.07, 6.45) is 0.797. The van der Waals surface area contributed by atoms with E-state index >= 15 is 0 Å². The smallest absolute Gasteiger partial charge is 0.311 e. The summed E-state index contributed by atoms with van der Waals surface area (Å²) in [7, 11) is 1.27. The van der Waals surface area contributed by atoms with E-state index in [2.05, 4.69) is 16.0 Å². The lowest BCUT2D eigenvalue weighted by Gasteiger charge is -2.23. The molecule has 2 aromatic rings. The van der Waals surface area contributed by atoms with E-state index in [1.807, 2.05) is 30.3 Å². The number of benzene rings is 1. The average Bonchev–Trinajstić information content (AvgIpc) is 3.52. The molecule has 1 aromatic heterocycles. The second-order valence-electron chi connectivity index (χ2n) is 7.15. The summed E-state index contributed by atoms with van der Waals surface area (Å²) in [6.45, 7) is 0.0892. The van der Waals surface area contributed by atoms with Crippen molar-refractivity contribution in [2.45, 2.75) is 18.6 Å². The van der Waals surface area contributed by atoms with Crippen molar-refractivity contribution in [1.29, 1.82) is 0 Å². The van der Waals surface area contributed by atoms with Crippen molar-refractivity contribution in [3.63, 3.8) is 0 Å². The second-order valence-corrected chi connectivity index (χ2v) is 7.15. The van der Waals surface area contributed by atoms with Gasteiger partial charge in [-0.15, -0.1) is 0 Å². The number of furan rings is 1. The first-order valence-corrected chi connectivity index (χ1v) is 10.1. The maximum absolute atomic E-state index is 12.8. The molecular formula is C22H25N3O7. The van der Waals surface area contributed by atoms with Gasteiger partial charge in [-0.2, -0.15) is 0 Å². The Kier molecular flexibility index (Phi) is 7.98. The molecule has 1 saturated heterocycles. The standard InChI is InChI=1S/C22H25N3O7/c1-30-22(29)15-9-11-32-19(15)21(28)25-16(14-6-3-2-4-7-14)12-23-18(26)13-24-20(27)17-8-5-10-31-17/h2-8,10,15-16,19H,9,11-13H2,1H3,(H,23,26)(H,24,27)(H,25,28). The number of amides is 3. The van der Waals surface area contributed by atoms with Crippen LogP contribution >= 0.6 is 0 Å². The predicted molar refractivity (Wildman–Crippen MR) is 111 cm³/mol. The molecule has 0 spiro atoms. The molecule has 3 unspecified atom stereocenters. The minimum atomic E-state index is -0.961. The third kappa shape index (κ3) is 5.94. The van der Waals surface area contributed by atoms with Gasteiger partial charge in [0.25, 0.3) is 11.8 Å². The second kappa shape index (κ2) is 11.1. The van der Waals surface area contributed by atoms with E-state index in [0.29, 0.717) is 6.42 Å². The summed E-state index contributed by atoms with van der Waals surface area (Å²) in [5, 5.41) is 7.98. The Hall–Kier alpha value is -3.66. The van der Waals surface area contributed by atoms with E-state index in [9.17, 15) is 19.2 Å². The molecule has 1 aliphatic rings. The lowest BCUT2D eigenvalue weighted by Crippen LogP contribution is -2.46. The number of rotatable bonds is 9. The summed E-state index contributed by atoms with van der Waals surface area (Å²) < 4.78 is 15.2. The first-order valence-electron chi connectivity index (χ1n) is 10.1. The molecule has 0 aliphatic carbocycles. The Bertz CT molecular complexity index is 930. The number of esters is 1. The number of nitrogens with one attached hydrogen (secondary N) is 3. The molecular weight excluding hydrogens is 418 g/mol. The molecule has 10 heteroatoms. The van der Waals surface area contributed by atoms with Crippen LogP contribution in [0.25, 0.3) is 0 Å². The average molecular weight is 443 g/mol. The highest BCUT2D eigenvalue weighted by Crippen LogP contribution is 2.23. The molecule has 1 aliphatic heterocycles. The molecule has 0 radical (unpaired) electrons. The number of carbonyl (C=O) groups is 4. The first kappa shape index (κ1) is 23.0. The van der Waals surface area contributed by atoms with Gasteiger partial charge in [0.1, 0.15) is 6.10 Å². The third-order valence-corrected chi connectivity index (χ3v) is 5.03. The van der Waals surface area contributed by atoms with Gasteiger partial charge in [0.2, 0.25) is 5.91 Å². The number of ether oxygens (including phenoxy) is 2. The largest absolute Gasteiger partial charge is 0.469 e. The van der Waals surface area contributed by atoms with Gasteiger partial charge in [-0.1, -0.05) is 30.3 Å². The van der Waals surface area contributed by atoms with Crippen LogP contribution in [0.1, 0.15) is 28.6 Å². The highest BCUT2D eigenvalue weighted by Gasteiger charge is 2.40. The molecule has 3 amide bonds. The number of hydrogen-bond acceptors (Lipinski definition) is 7. The molecule has 0 bridgehead atoms. The summed E-state index contributed by atoms with van der Waals surface area (Å²) in [5.74, 6) is -2.49. The Morgan fingerprint density at radius 2 is 1.88 bits per heavy atom. The summed E-state index contributed by atoms with van der Waals surface area (Å²) >= 11 is 0. The molecule has 2 heterocycles. The van der Waals surface area contributed by atoms with Crippen molar-refractivity contribution >= 4 is 23.7 Å². The monoisotopic (exact) mass is 443 g/mol. The summed E-state index contributed by atoms with van der Waals surface area (Å²) in [5.41, 5.74) is 0.758. The molecule has 170 valence electrons. The van der Waals surface area contributed by atoms with Gasteiger partial charge in [0, 0.05) is 13.2 Å². The van der Waals surface area contributed by atoms with E-state index in [0.717, 1.165) is 5.56 Å². The van der Waals surface area contributed by atoms with Crippen molar-refractivity contribution in [2.75, 3.05) is 26.8 Å². The van der Waals surface area contributed by atoms with Gasteiger partial charge in [-0.3, -0.25) is 19.2 Å². The van der Waals surface area contributed by atoms with Crippen molar-refractivity contribution < 1.29 is 33.1 Å². The van der Waals surface area contributed by atoms with Crippen LogP contribution in [0.3, 0.4) is 0 Å². The summed E-state index contributed by atoms with van der Waals surface area (Å²) in [4.78, 5) is 48.9. The van der Waals surface area contributed by atoms with Gasteiger partial charge in [0.15, 0.2) is 5.76 Å². The molecule has 1 aromatic carbocycles. The van der Waals surface area contributed by atoms with Gasteiger partial charge in [-0.25, -0.2) is 0 Å². The van der Waals surface area contributed by atoms with Gasteiger partial charge >= 0.3 is 5.97 Å². The fourth-order valence-electron chi connectivity index (χ4n) is 3.37. The zero-order valence-corrected chi connectivity index (χ0v) is 17.5. The highest BCUT2D eigenvalue weighted by atomic mass is 16.5. The van der Waals surface area contributed by atoms with Crippen molar-refractivity contribution in [3.8, 4) is 0 Å². The number of carbonyl (C=O) groups excluding carboxylic acids is 4. The van der Waals surface area contributed by atoms with Gasteiger partial charge in [-0.05, 0) is 24.1 Å². The van der Waals surface area contributed by atoms with Crippen LogP contribution in [0.15, 0.2) is 53.1 Å². The normalized spacial score (nSPS) is 18.4. The molecule has 1 fully saturated rings. The number of hydrogen-bond donors (Lipinski definition) is 3. The zero-order chi connectivity index (χ0) is 22.9. The van der Waals surface area contributed by atoms with Gasteiger partial charge < -0.3 is 29.8 Å². The van der Waals surface area contributed by atoms with E-state index in [1.54, 1.807) is 6.07 Å². The summed E-state index contributed by atoms with van der Waals surface area (Å²) in [6, 6.07) is 11.6. The van der Waals surface area contributed by atoms with E-state index in [4.69, 9.17) is 13.9 Å². The Morgan fingerprint density at radius 1 is 1.09 bits per heavy atom. The molecule has 3 N–H and O–H groups in total. The quantitative estimate of drug-likeness (QED) is 0.482. The molecule has 32 heavy (non-hydrogen) atoms. The topological polar surface area (TPSA) is 136 Å². The lowest BCUT2D eigenvalue weighted by atomic mass is 10.00.